The van der Waals surface area contributed by atoms with Gasteiger partial charge in [-0.15, -0.1) is 0 Å². The zero-order valence-electron chi connectivity index (χ0n) is 17.6. The van der Waals surface area contributed by atoms with Gasteiger partial charge in [-0.1, -0.05) is 0 Å². The molecule has 5 rings (SSSR count). The molecular formula is C26H21N5O2. The Labute approximate surface area is 189 Å². The number of benzene rings is 4. The summed E-state index contributed by atoms with van der Waals surface area (Å²) in [5, 5.41) is 7.46. The van der Waals surface area contributed by atoms with Gasteiger partial charge in [0.2, 0.25) is 0 Å². The largest absolute Gasteiger partial charge is 0.399 e. The molecule has 0 saturated carbocycles. The Balaban J connectivity index is 1.45. The van der Waals surface area contributed by atoms with Gasteiger partial charge in [-0.3, -0.25) is 9.59 Å². The van der Waals surface area contributed by atoms with E-state index in [1.54, 1.807) is 60.7 Å². The Morgan fingerprint density at radius 3 is 1.36 bits per heavy atom. The monoisotopic (exact) mass is 435 g/mol. The number of nitrogens with two attached hydrogens (primary N) is 2. The van der Waals surface area contributed by atoms with Crippen LogP contribution in [0.5, 0.6) is 0 Å². The van der Waals surface area contributed by atoms with Gasteiger partial charge in [0.05, 0.1) is 0 Å². The molecule has 0 aliphatic carbocycles. The van der Waals surface area contributed by atoms with Crippen molar-refractivity contribution in [3.05, 3.63) is 96.1 Å². The zero-order chi connectivity index (χ0) is 22.9. The number of hydrogen-bond donors (Lipinski definition) is 5. The van der Waals surface area contributed by atoms with E-state index in [0.717, 1.165) is 21.8 Å². The third-order valence-corrected chi connectivity index (χ3v) is 5.46. The maximum absolute atomic E-state index is 12.8. The summed E-state index contributed by atoms with van der Waals surface area (Å²) in [6.45, 7) is 0. The summed E-state index contributed by atoms with van der Waals surface area (Å²) in [6, 6.07) is 24.8. The molecule has 2 amide bonds. The number of hydrogen-bond acceptors (Lipinski definition) is 4. The van der Waals surface area contributed by atoms with Crippen molar-refractivity contribution in [1.29, 1.82) is 0 Å². The summed E-state index contributed by atoms with van der Waals surface area (Å²) in [7, 11) is 0. The SMILES string of the molecule is Nc1ccc(NC(=O)c2ccc3[nH]c4ccc(C(=O)Nc5ccc(N)cc5)cc4c3c2)cc1. The van der Waals surface area contributed by atoms with Crippen molar-refractivity contribution in [2.75, 3.05) is 22.1 Å². The van der Waals surface area contributed by atoms with E-state index < -0.39 is 0 Å². The highest BCUT2D eigenvalue weighted by Gasteiger charge is 2.13. The van der Waals surface area contributed by atoms with E-state index in [9.17, 15) is 9.59 Å². The molecule has 0 atom stereocenters. The van der Waals surface area contributed by atoms with Gasteiger partial charge in [-0.25, -0.2) is 0 Å². The molecule has 0 bridgehead atoms. The van der Waals surface area contributed by atoms with Gasteiger partial charge >= 0.3 is 0 Å². The molecule has 0 aliphatic heterocycles. The fraction of sp³-hybridized carbons (Fsp3) is 0. The molecule has 0 spiro atoms. The average molecular weight is 435 g/mol. The maximum Gasteiger partial charge on any atom is 0.255 e. The van der Waals surface area contributed by atoms with Gasteiger partial charge in [0.1, 0.15) is 0 Å². The summed E-state index contributed by atoms with van der Waals surface area (Å²) in [5.41, 5.74) is 16.8. The first-order chi connectivity index (χ1) is 16.0. The molecule has 1 heterocycles. The van der Waals surface area contributed by atoms with Crippen LogP contribution in [-0.2, 0) is 0 Å². The van der Waals surface area contributed by atoms with Crippen LogP contribution >= 0.6 is 0 Å². The molecule has 0 saturated heterocycles. The summed E-state index contributed by atoms with van der Waals surface area (Å²) < 4.78 is 0. The van der Waals surface area contributed by atoms with E-state index >= 15 is 0 Å². The molecular weight excluding hydrogens is 414 g/mol. The smallest absolute Gasteiger partial charge is 0.255 e. The van der Waals surface area contributed by atoms with Crippen LogP contribution in [0.1, 0.15) is 20.7 Å². The number of aromatic nitrogens is 1. The number of anilines is 4. The average Bonchev–Trinajstić information content (AvgIpc) is 3.19. The van der Waals surface area contributed by atoms with Crippen LogP contribution in [0.25, 0.3) is 21.8 Å². The summed E-state index contributed by atoms with van der Waals surface area (Å²) >= 11 is 0. The highest BCUT2D eigenvalue weighted by atomic mass is 16.2. The van der Waals surface area contributed by atoms with Gasteiger partial charge in [-0.05, 0) is 84.9 Å². The van der Waals surface area contributed by atoms with E-state index in [0.29, 0.717) is 33.9 Å². The lowest BCUT2D eigenvalue weighted by Crippen LogP contribution is -2.12. The quantitative estimate of drug-likeness (QED) is 0.255. The van der Waals surface area contributed by atoms with Crippen LogP contribution in [0.15, 0.2) is 84.9 Å². The van der Waals surface area contributed by atoms with Gasteiger partial charge in [-0.2, -0.15) is 0 Å². The summed E-state index contributed by atoms with van der Waals surface area (Å²) in [5.74, 6) is -0.457. The van der Waals surface area contributed by atoms with Crippen molar-refractivity contribution < 1.29 is 9.59 Å². The minimum atomic E-state index is -0.228. The minimum Gasteiger partial charge on any atom is -0.399 e. The number of fused-ring (bicyclic) bond motifs is 3. The minimum absolute atomic E-state index is 0.228. The Morgan fingerprint density at radius 1 is 0.576 bits per heavy atom. The lowest BCUT2D eigenvalue weighted by molar-refractivity contribution is 0.101. The predicted octanol–water partition coefficient (Wildman–Crippen LogP) is 4.99. The normalized spacial score (nSPS) is 10.9. The second-order valence-electron chi connectivity index (χ2n) is 7.80. The van der Waals surface area contributed by atoms with E-state index in [-0.39, 0.29) is 11.8 Å². The van der Waals surface area contributed by atoms with Crippen LogP contribution in [0.4, 0.5) is 22.7 Å². The van der Waals surface area contributed by atoms with Gasteiger partial charge in [0.25, 0.3) is 11.8 Å². The standard InChI is InChI=1S/C26H21N5O2/c27-17-3-7-19(8-4-17)29-25(32)15-1-11-23-21(13-15)22-14-16(2-12-24(22)31-23)26(33)30-20-9-5-18(28)6-10-20/h1-14,31H,27-28H2,(H,29,32)(H,30,33). The maximum atomic E-state index is 12.8. The number of H-pyrrole nitrogens is 1. The van der Waals surface area contributed by atoms with Crippen LogP contribution in [0, 0.1) is 0 Å². The lowest BCUT2D eigenvalue weighted by Gasteiger charge is -2.07. The highest BCUT2D eigenvalue weighted by Crippen LogP contribution is 2.28. The van der Waals surface area contributed by atoms with Crippen LogP contribution in [0.3, 0.4) is 0 Å². The Bertz CT molecular complexity index is 1390. The lowest BCUT2D eigenvalue weighted by atomic mass is 10.1. The molecule has 162 valence electrons. The fourth-order valence-electron chi connectivity index (χ4n) is 3.72. The third kappa shape index (κ3) is 4.07. The Hall–Kier alpha value is -4.78. The van der Waals surface area contributed by atoms with Crippen LogP contribution < -0.4 is 22.1 Å². The number of carbonyl (C=O) groups is 2. The van der Waals surface area contributed by atoms with Crippen molar-refractivity contribution in [3.63, 3.8) is 0 Å². The second-order valence-corrected chi connectivity index (χ2v) is 7.80. The first-order valence-corrected chi connectivity index (χ1v) is 10.4. The van der Waals surface area contributed by atoms with E-state index in [1.165, 1.54) is 0 Å². The number of rotatable bonds is 4. The molecule has 7 N–H and O–H groups in total. The summed E-state index contributed by atoms with van der Waals surface area (Å²) in [6.07, 6.45) is 0. The zero-order valence-corrected chi connectivity index (χ0v) is 17.6. The molecule has 0 fully saturated rings. The van der Waals surface area contributed by atoms with Crippen molar-refractivity contribution >= 4 is 56.4 Å². The molecule has 7 heteroatoms. The topological polar surface area (TPSA) is 126 Å². The van der Waals surface area contributed by atoms with Gasteiger partial charge in [0, 0.05) is 55.7 Å². The summed E-state index contributed by atoms with van der Waals surface area (Å²) in [4.78, 5) is 28.9. The number of nitrogens with one attached hydrogen (secondary N) is 3. The predicted molar refractivity (Wildman–Crippen MR) is 133 cm³/mol. The molecule has 0 radical (unpaired) electrons. The Kier molecular flexibility index (Phi) is 4.91. The molecule has 0 unspecified atom stereocenters. The van der Waals surface area contributed by atoms with Crippen LogP contribution in [-0.4, -0.2) is 16.8 Å². The van der Waals surface area contributed by atoms with Crippen LogP contribution in [0.2, 0.25) is 0 Å². The first-order valence-electron chi connectivity index (χ1n) is 10.4. The number of carbonyl (C=O) groups excluding carboxylic acids is 2. The Morgan fingerprint density at radius 2 is 0.970 bits per heavy atom. The van der Waals surface area contributed by atoms with Crippen molar-refractivity contribution in [3.8, 4) is 0 Å². The van der Waals surface area contributed by atoms with E-state index in [4.69, 9.17) is 11.5 Å². The molecule has 5 aromatic rings. The van der Waals surface area contributed by atoms with Crippen molar-refractivity contribution in [2.45, 2.75) is 0 Å². The molecule has 7 nitrogen and oxygen atoms in total. The third-order valence-electron chi connectivity index (χ3n) is 5.46. The molecule has 1 aromatic heterocycles. The molecule has 33 heavy (non-hydrogen) atoms. The molecule has 4 aromatic carbocycles. The number of aromatic amines is 1. The highest BCUT2D eigenvalue weighted by molar-refractivity contribution is 6.14. The number of amides is 2. The van der Waals surface area contributed by atoms with E-state index in [2.05, 4.69) is 15.6 Å². The van der Waals surface area contributed by atoms with Gasteiger partial charge in [0.15, 0.2) is 0 Å². The van der Waals surface area contributed by atoms with Crippen molar-refractivity contribution in [1.82, 2.24) is 4.98 Å². The molecule has 0 aliphatic rings. The first kappa shape index (κ1) is 20.1. The fourth-order valence-corrected chi connectivity index (χ4v) is 3.72. The van der Waals surface area contributed by atoms with E-state index in [1.807, 2.05) is 24.3 Å². The number of nitrogen functional groups attached to an aromatic ring is 2. The second kappa shape index (κ2) is 8.05. The van der Waals surface area contributed by atoms with Gasteiger partial charge < -0.3 is 27.1 Å². The van der Waals surface area contributed by atoms with Crippen molar-refractivity contribution in [2.24, 2.45) is 0 Å².